The van der Waals surface area contributed by atoms with E-state index in [0.717, 1.165) is 73.6 Å². The maximum atomic E-state index is 13.7. The van der Waals surface area contributed by atoms with Gasteiger partial charge in [-0.1, -0.05) is 0 Å². The number of nitrogens with one attached hydrogen (secondary N) is 2. The summed E-state index contributed by atoms with van der Waals surface area (Å²) in [7, 11) is 4.07. The van der Waals surface area contributed by atoms with E-state index < -0.39 is 0 Å². The number of ether oxygens (including phenoxy) is 1. The lowest BCUT2D eigenvalue weighted by Gasteiger charge is -2.30. The first-order chi connectivity index (χ1) is 20.4. The van der Waals surface area contributed by atoms with Crippen LogP contribution in [-0.4, -0.2) is 70.9 Å². The number of pyridine rings is 1. The molecule has 0 radical (unpaired) electrons. The van der Waals surface area contributed by atoms with Crippen LogP contribution in [0.15, 0.2) is 41.5 Å². The van der Waals surface area contributed by atoms with Crippen molar-refractivity contribution >= 4 is 28.9 Å². The topological polar surface area (TPSA) is 99.9 Å². The Morgan fingerprint density at radius 2 is 1.86 bits per heavy atom. The van der Waals surface area contributed by atoms with Gasteiger partial charge in [0.1, 0.15) is 0 Å². The first kappa shape index (κ1) is 26.9. The van der Waals surface area contributed by atoms with Crippen LogP contribution in [0.25, 0.3) is 11.3 Å². The molecule has 1 saturated carbocycles. The summed E-state index contributed by atoms with van der Waals surface area (Å²) in [5.41, 5.74) is 5.87. The fourth-order valence-electron chi connectivity index (χ4n) is 6.57. The molecule has 1 saturated heterocycles. The van der Waals surface area contributed by atoms with Crippen molar-refractivity contribution < 1.29 is 9.53 Å². The summed E-state index contributed by atoms with van der Waals surface area (Å²) in [4.78, 5) is 27.8. The monoisotopic (exact) mass is 568 g/mol. The summed E-state index contributed by atoms with van der Waals surface area (Å²) in [5.74, 6) is 2.15. The van der Waals surface area contributed by atoms with Gasteiger partial charge in [-0.2, -0.15) is 10.1 Å². The minimum absolute atomic E-state index is 0.295. The minimum atomic E-state index is -0.295. The van der Waals surface area contributed by atoms with Crippen LogP contribution in [0.5, 0.6) is 5.88 Å². The standard InChI is InChI=1S/C32H40N8O2/c1-20-15-23-16-28(34-20)26-18-33-39(3)31(26)42-14-4-5-22(21-6-7-21)19-40-29-17-25(35-24-10-12-38(2)13-11-24)8-9-27(29)36-32(40)37-30(23)41/h8-9,15-18,21-22,24,35H,4-7,10-14,19H2,1-3H3,(H,36,37,41)/t22-/m1/s1. The second kappa shape index (κ2) is 11.1. The molecule has 4 aliphatic rings. The molecular formula is C32H40N8O2. The van der Waals surface area contributed by atoms with Crippen molar-refractivity contribution in [1.82, 2.24) is 19.7 Å². The van der Waals surface area contributed by atoms with Gasteiger partial charge in [0.15, 0.2) is 0 Å². The number of aryl methyl sites for hydroxylation is 2. The molecule has 3 aliphatic heterocycles. The number of hydrogen-bond donors (Lipinski definition) is 2. The van der Waals surface area contributed by atoms with Gasteiger partial charge in [-0.3, -0.25) is 9.78 Å². The number of rotatable bonds is 3. The van der Waals surface area contributed by atoms with Crippen molar-refractivity contribution in [3.8, 4) is 17.1 Å². The van der Waals surface area contributed by atoms with Crippen molar-refractivity contribution in [1.29, 1.82) is 0 Å². The highest BCUT2D eigenvalue weighted by molar-refractivity contribution is 6.19. The fourth-order valence-corrected chi connectivity index (χ4v) is 6.57. The van der Waals surface area contributed by atoms with Crippen molar-refractivity contribution in [2.75, 3.05) is 48.8 Å². The smallest absolute Gasteiger partial charge is 0.280 e. The van der Waals surface area contributed by atoms with Crippen molar-refractivity contribution in [3.05, 3.63) is 47.8 Å². The number of fused-ring (bicyclic) bond motifs is 7. The second-order valence-electron chi connectivity index (χ2n) is 12.4. The summed E-state index contributed by atoms with van der Waals surface area (Å²) >= 11 is 0. The molecule has 2 fully saturated rings. The van der Waals surface area contributed by atoms with E-state index in [0.29, 0.717) is 47.6 Å². The van der Waals surface area contributed by atoms with Crippen molar-refractivity contribution in [2.24, 2.45) is 23.9 Å². The Morgan fingerprint density at radius 3 is 2.67 bits per heavy atom. The summed E-state index contributed by atoms with van der Waals surface area (Å²) in [6.07, 6.45) is 8.53. The number of carbonyl (C=O) groups excluding carboxylic acids is 1. The van der Waals surface area contributed by atoms with Gasteiger partial charge in [-0.05, 0) is 108 Å². The van der Waals surface area contributed by atoms with Crippen LogP contribution in [0.2, 0.25) is 0 Å². The highest BCUT2D eigenvalue weighted by atomic mass is 16.5. The van der Waals surface area contributed by atoms with Gasteiger partial charge in [0.05, 0.1) is 35.4 Å². The number of guanidine groups is 1. The Balaban J connectivity index is 1.24. The molecule has 10 heteroatoms. The Bertz CT molecular complexity index is 1520. The normalized spacial score (nSPS) is 22.9. The van der Waals surface area contributed by atoms with E-state index in [-0.39, 0.29) is 5.91 Å². The van der Waals surface area contributed by atoms with Gasteiger partial charge in [-0.25, -0.2) is 4.68 Å². The first-order valence-electron chi connectivity index (χ1n) is 15.3. The molecule has 10 nitrogen and oxygen atoms in total. The Kier molecular flexibility index (Phi) is 7.09. The molecule has 0 spiro atoms. The third kappa shape index (κ3) is 5.47. The van der Waals surface area contributed by atoms with Crippen LogP contribution in [0, 0.1) is 18.8 Å². The molecule has 220 valence electrons. The third-order valence-electron chi connectivity index (χ3n) is 9.11. The Labute approximate surface area is 247 Å². The number of piperidine rings is 1. The Hall–Kier alpha value is -3.92. The maximum absolute atomic E-state index is 13.7. The predicted molar refractivity (Wildman–Crippen MR) is 165 cm³/mol. The molecule has 7 rings (SSSR count). The number of anilines is 3. The molecule has 1 aromatic carbocycles. The summed E-state index contributed by atoms with van der Waals surface area (Å²) in [6, 6.07) is 10.5. The first-order valence-corrected chi connectivity index (χ1v) is 15.3. The van der Waals surface area contributed by atoms with Gasteiger partial charge >= 0.3 is 0 Å². The molecule has 2 N–H and O–H groups in total. The fraction of sp³-hybridized carbons (Fsp3) is 0.500. The lowest BCUT2D eigenvalue weighted by Crippen LogP contribution is -2.37. The maximum Gasteiger partial charge on any atom is 0.280 e. The molecule has 0 unspecified atom stereocenters. The average Bonchev–Trinajstić information content (AvgIpc) is 3.68. The minimum Gasteiger partial charge on any atom is -0.477 e. The molecule has 42 heavy (non-hydrogen) atoms. The highest BCUT2D eigenvalue weighted by Gasteiger charge is 2.36. The van der Waals surface area contributed by atoms with Crippen LogP contribution < -0.4 is 20.3 Å². The number of aliphatic imine (C=N–C) groups is 1. The highest BCUT2D eigenvalue weighted by Crippen LogP contribution is 2.43. The number of aromatic nitrogens is 3. The van der Waals surface area contributed by atoms with E-state index in [1.807, 2.05) is 14.0 Å². The van der Waals surface area contributed by atoms with Crippen molar-refractivity contribution in [2.45, 2.75) is 51.5 Å². The predicted octanol–water partition coefficient (Wildman–Crippen LogP) is 4.92. The zero-order valence-corrected chi connectivity index (χ0v) is 24.8. The lowest BCUT2D eigenvalue weighted by atomic mass is 9.97. The summed E-state index contributed by atoms with van der Waals surface area (Å²) in [6.45, 7) is 5.53. The zero-order chi connectivity index (χ0) is 28.8. The number of nitrogens with zero attached hydrogens (tertiary/aromatic N) is 6. The number of amides is 1. The number of hydrogen-bond acceptors (Lipinski definition) is 8. The SMILES string of the molecule is Cc1cc2cc(n1)-c1cnn(C)c1OCCC[C@@H](C1CC1)CN1/C(=N/C2=O)Nc2ccc(NC3CCN(C)CC3)cc21. The van der Waals surface area contributed by atoms with Crippen LogP contribution in [0.3, 0.4) is 0 Å². The van der Waals surface area contributed by atoms with Gasteiger partial charge in [0, 0.05) is 36.6 Å². The number of benzene rings is 1. The molecule has 1 atom stereocenters. The largest absolute Gasteiger partial charge is 0.477 e. The summed E-state index contributed by atoms with van der Waals surface area (Å²) in [5, 5.41) is 11.7. The number of likely N-dealkylation sites (tertiary alicyclic amines) is 1. The molecule has 1 aliphatic carbocycles. The number of carbonyl (C=O) groups is 1. The van der Waals surface area contributed by atoms with Gasteiger partial charge in [0.2, 0.25) is 11.8 Å². The van der Waals surface area contributed by atoms with E-state index >= 15 is 0 Å². The van der Waals surface area contributed by atoms with E-state index in [4.69, 9.17) is 14.7 Å². The van der Waals surface area contributed by atoms with Gasteiger partial charge in [0.25, 0.3) is 5.91 Å². The second-order valence-corrected chi connectivity index (χ2v) is 12.4. The van der Waals surface area contributed by atoms with E-state index in [1.54, 1.807) is 23.0 Å². The van der Waals surface area contributed by atoms with Crippen LogP contribution in [0.4, 0.5) is 17.1 Å². The summed E-state index contributed by atoms with van der Waals surface area (Å²) < 4.78 is 8.04. The third-order valence-corrected chi connectivity index (χ3v) is 9.11. The molecule has 2 aromatic heterocycles. The molecular weight excluding hydrogens is 528 g/mol. The molecule has 2 bridgehead atoms. The van der Waals surface area contributed by atoms with E-state index in [2.05, 4.69) is 50.8 Å². The van der Waals surface area contributed by atoms with Crippen LogP contribution in [0.1, 0.15) is 54.6 Å². The van der Waals surface area contributed by atoms with Gasteiger partial charge in [-0.15, -0.1) is 0 Å². The average molecular weight is 569 g/mol. The zero-order valence-electron chi connectivity index (χ0n) is 24.8. The Morgan fingerprint density at radius 1 is 1.02 bits per heavy atom. The van der Waals surface area contributed by atoms with E-state index in [1.165, 1.54) is 12.8 Å². The molecule has 5 heterocycles. The van der Waals surface area contributed by atoms with Crippen molar-refractivity contribution in [3.63, 3.8) is 0 Å². The van der Waals surface area contributed by atoms with Gasteiger partial charge < -0.3 is 25.2 Å². The molecule has 3 aromatic rings. The van der Waals surface area contributed by atoms with E-state index in [9.17, 15) is 4.79 Å². The van der Waals surface area contributed by atoms with Crippen LogP contribution in [-0.2, 0) is 7.05 Å². The molecule has 1 amide bonds. The lowest BCUT2D eigenvalue weighted by molar-refractivity contribution is 0.100. The quantitative estimate of drug-likeness (QED) is 0.459. The van der Waals surface area contributed by atoms with Crippen LogP contribution >= 0.6 is 0 Å².